The molecule has 0 aliphatic carbocycles. The van der Waals surface area contributed by atoms with Gasteiger partial charge in [-0.2, -0.15) is 5.10 Å². The maximum absolute atomic E-state index is 11.8. The van der Waals surface area contributed by atoms with Gasteiger partial charge in [0.25, 0.3) is 0 Å². The van der Waals surface area contributed by atoms with Crippen molar-refractivity contribution in [1.82, 2.24) is 19.8 Å². The van der Waals surface area contributed by atoms with E-state index in [0.717, 1.165) is 17.7 Å². The molecule has 0 unspecified atom stereocenters. The van der Waals surface area contributed by atoms with Gasteiger partial charge in [-0.15, -0.1) is 0 Å². The molecule has 0 atom stereocenters. The monoisotopic (exact) mass is 348 g/mol. The Balaban J connectivity index is 1.91. The van der Waals surface area contributed by atoms with Gasteiger partial charge in [-0.25, -0.2) is 13.1 Å². The number of amides is 1. The lowest BCUT2D eigenvalue weighted by Crippen LogP contribution is -2.19. The Morgan fingerprint density at radius 1 is 1.29 bits per heavy atom. The first-order valence-corrected chi connectivity index (χ1v) is 8.94. The third kappa shape index (κ3) is 4.77. The van der Waals surface area contributed by atoms with E-state index in [-0.39, 0.29) is 10.8 Å². The molecule has 0 spiro atoms. The quantitative estimate of drug-likeness (QED) is 0.734. The molecule has 0 aliphatic heterocycles. The first kappa shape index (κ1) is 17.9. The van der Waals surface area contributed by atoms with Crippen LogP contribution in [0.15, 0.2) is 47.6 Å². The van der Waals surface area contributed by atoms with Crippen molar-refractivity contribution >= 4 is 22.0 Å². The molecular formula is C16H20N4O3S. The largest absolute Gasteiger partial charge is 0.348 e. The van der Waals surface area contributed by atoms with Crippen molar-refractivity contribution < 1.29 is 13.2 Å². The van der Waals surface area contributed by atoms with Crippen LogP contribution in [0.5, 0.6) is 0 Å². The number of carbonyl (C=O) groups is 1. The average Bonchev–Trinajstić information content (AvgIpc) is 3.06. The van der Waals surface area contributed by atoms with Crippen LogP contribution >= 0.6 is 0 Å². The molecular weight excluding hydrogens is 328 g/mol. The van der Waals surface area contributed by atoms with Gasteiger partial charge in [0.05, 0.1) is 11.1 Å². The summed E-state index contributed by atoms with van der Waals surface area (Å²) in [6.07, 6.45) is 6.63. The van der Waals surface area contributed by atoms with Gasteiger partial charge in [-0.3, -0.25) is 9.48 Å². The number of nitrogens with one attached hydrogen (secondary N) is 2. The van der Waals surface area contributed by atoms with E-state index in [9.17, 15) is 13.2 Å². The maximum atomic E-state index is 11.8. The molecule has 0 radical (unpaired) electrons. The van der Waals surface area contributed by atoms with Crippen LogP contribution in [0.2, 0.25) is 0 Å². The summed E-state index contributed by atoms with van der Waals surface area (Å²) in [5, 5.41) is 6.90. The zero-order valence-corrected chi connectivity index (χ0v) is 14.4. The van der Waals surface area contributed by atoms with E-state index in [1.807, 2.05) is 13.1 Å². The van der Waals surface area contributed by atoms with Gasteiger partial charge in [0, 0.05) is 30.9 Å². The number of benzene rings is 1. The van der Waals surface area contributed by atoms with Crippen LogP contribution < -0.4 is 10.0 Å². The summed E-state index contributed by atoms with van der Waals surface area (Å²) in [6, 6.07) is 6.25. The van der Waals surface area contributed by atoms with Gasteiger partial charge < -0.3 is 5.32 Å². The van der Waals surface area contributed by atoms with E-state index in [0.29, 0.717) is 6.54 Å². The molecule has 0 fully saturated rings. The summed E-state index contributed by atoms with van der Waals surface area (Å²) in [4.78, 5) is 12.0. The molecule has 8 heteroatoms. The highest BCUT2D eigenvalue weighted by molar-refractivity contribution is 7.89. The zero-order chi connectivity index (χ0) is 17.6. The van der Waals surface area contributed by atoms with Crippen LogP contribution in [0.1, 0.15) is 18.1 Å². The number of rotatable bonds is 7. The second-order valence-electron chi connectivity index (χ2n) is 5.03. The number of nitrogens with zero attached hydrogens (tertiary/aromatic N) is 2. The van der Waals surface area contributed by atoms with Crippen molar-refractivity contribution in [3.05, 3.63) is 53.9 Å². The van der Waals surface area contributed by atoms with Crippen LogP contribution in [0.4, 0.5) is 0 Å². The molecule has 1 aromatic carbocycles. The highest BCUT2D eigenvalue weighted by atomic mass is 32.2. The normalized spacial score (nSPS) is 11.8. The standard InChI is InChI=1S/C16H20N4O3S/c1-3-20-12-14(11-19-20)10-18-16(21)9-6-13-4-7-15(8-5-13)24(22,23)17-2/h4-9,11-12,17H,3,10H2,1-2H3,(H,18,21)/b9-6-. The molecule has 1 amide bonds. The lowest BCUT2D eigenvalue weighted by atomic mass is 10.2. The van der Waals surface area contributed by atoms with Crippen molar-refractivity contribution in [1.29, 1.82) is 0 Å². The molecule has 0 saturated heterocycles. The van der Waals surface area contributed by atoms with Gasteiger partial charge in [0.15, 0.2) is 0 Å². The minimum atomic E-state index is -3.45. The highest BCUT2D eigenvalue weighted by Gasteiger charge is 2.09. The Kier molecular flexibility index (Phi) is 5.88. The van der Waals surface area contributed by atoms with E-state index in [2.05, 4.69) is 15.1 Å². The third-order valence-electron chi connectivity index (χ3n) is 3.36. The first-order valence-electron chi connectivity index (χ1n) is 7.45. The maximum Gasteiger partial charge on any atom is 0.244 e. The molecule has 1 aromatic heterocycles. The fraction of sp³-hybridized carbons (Fsp3) is 0.250. The summed E-state index contributed by atoms with van der Waals surface area (Å²) < 4.78 is 27.3. The third-order valence-corrected chi connectivity index (χ3v) is 4.79. The Morgan fingerprint density at radius 2 is 2.00 bits per heavy atom. The van der Waals surface area contributed by atoms with Gasteiger partial charge in [0.2, 0.25) is 15.9 Å². The minimum Gasteiger partial charge on any atom is -0.348 e. The summed E-state index contributed by atoms with van der Waals surface area (Å²) >= 11 is 0. The molecule has 0 bridgehead atoms. The Morgan fingerprint density at radius 3 is 2.58 bits per heavy atom. The van der Waals surface area contributed by atoms with Gasteiger partial charge >= 0.3 is 0 Å². The van der Waals surface area contributed by atoms with Gasteiger partial charge in [-0.05, 0) is 37.7 Å². The predicted molar refractivity (Wildman–Crippen MR) is 91.5 cm³/mol. The van der Waals surface area contributed by atoms with E-state index >= 15 is 0 Å². The summed E-state index contributed by atoms with van der Waals surface area (Å²) in [7, 11) is -2.09. The molecule has 7 nitrogen and oxygen atoms in total. The van der Waals surface area contributed by atoms with Crippen molar-refractivity contribution in [3.8, 4) is 0 Å². The average molecular weight is 348 g/mol. The molecule has 128 valence electrons. The zero-order valence-electron chi connectivity index (χ0n) is 13.6. The van der Waals surface area contributed by atoms with Crippen LogP contribution in [-0.4, -0.2) is 31.2 Å². The number of aryl methyl sites for hydroxylation is 1. The molecule has 2 aromatic rings. The molecule has 24 heavy (non-hydrogen) atoms. The van der Waals surface area contributed by atoms with Crippen molar-refractivity contribution in [2.75, 3.05) is 7.05 Å². The van der Waals surface area contributed by atoms with Crippen LogP contribution in [0.25, 0.3) is 6.08 Å². The lowest BCUT2D eigenvalue weighted by Gasteiger charge is -2.02. The number of hydrogen-bond acceptors (Lipinski definition) is 4. The fourth-order valence-electron chi connectivity index (χ4n) is 1.97. The number of aromatic nitrogens is 2. The fourth-order valence-corrected chi connectivity index (χ4v) is 2.70. The summed E-state index contributed by atoms with van der Waals surface area (Å²) in [5.74, 6) is -0.230. The van der Waals surface area contributed by atoms with E-state index in [1.54, 1.807) is 29.1 Å². The van der Waals surface area contributed by atoms with E-state index in [4.69, 9.17) is 0 Å². The van der Waals surface area contributed by atoms with Gasteiger partial charge in [-0.1, -0.05) is 12.1 Å². The molecule has 0 saturated carbocycles. The summed E-state index contributed by atoms with van der Waals surface area (Å²) in [6.45, 7) is 3.18. The second-order valence-corrected chi connectivity index (χ2v) is 6.92. The van der Waals surface area contributed by atoms with Gasteiger partial charge in [0.1, 0.15) is 0 Å². The molecule has 1 heterocycles. The second kappa shape index (κ2) is 7.89. The SMILES string of the molecule is CCn1cc(CNC(=O)/C=C\c2ccc(S(=O)(=O)NC)cc2)cn1. The summed E-state index contributed by atoms with van der Waals surface area (Å²) in [5.41, 5.74) is 1.67. The molecule has 2 N–H and O–H groups in total. The van der Waals surface area contributed by atoms with Crippen molar-refractivity contribution in [2.24, 2.45) is 0 Å². The Hall–Kier alpha value is -2.45. The topological polar surface area (TPSA) is 93.1 Å². The Labute approximate surface area is 141 Å². The van der Waals surface area contributed by atoms with Crippen molar-refractivity contribution in [2.45, 2.75) is 24.9 Å². The van der Waals surface area contributed by atoms with E-state index < -0.39 is 10.0 Å². The smallest absolute Gasteiger partial charge is 0.244 e. The number of sulfonamides is 1. The van der Waals surface area contributed by atoms with Crippen LogP contribution in [0, 0.1) is 0 Å². The predicted octanol–water partition coefficient (Wildman–Crippen LogP) is 1.14. The van der Waals surface area contributed by atoms with Crippen LogP contribution in [0.3, 0.4) is 0 Å². The van der Waals surface area contributed by atoms with E-state index in [1.165, 1.54) is 25.3 Å². The van der Waals surface area contributed by atoms with Crippen LogP contribution in [-0.2, 0) is 27.9 Å². The number of hydrogen-bond donors (Lipinski definition) is 2. The highest BCUT2D eigenvalue weighted by Crippen LogP contribution is 2.11. The molecule has 2 rings (SSSR count). The number of carbonyl (C=O) groups excluding carboxylic acids is 1. The molecule has 0 aliphatic rings. The lowest BCUT2D eigenvalue weighted by molar-refractivity contribution is -0.116. The minimum absolute atomic E-state index is 0.180. The first-order chi connectivity index (χ1) is 11.4. The van der Waals surface area contributed by atoms with Crippen molar-refractivity contribution in [3.63, 3.8) is 0 Å². The Bertz CT molecular complexity index is 823.